The van der Waals surface area contributed by atoms with Crippen LogP contribution in [0.25, 0.3) is 5.76 Å². The monoisotopic (exact) mass is 501 g/mol. The Morgan fingerprint density at radius 2 is 1.43 bits per heavy atom. The van der Waals surface area contributed by atoms with Gasteiger partial charge in [-0.2, -0.15) is 0 Å². The summed E-state index contributed by atoms with van der Waals surface area (Å²) < 4.78 is 16.8. The first-order valence-corrected chi connectivity index (χ1v) is 12.5. The number of ether oxygens (including phenoxy) is 3. The SMILES string of the molecule is CCCOc1ccc(/C(O)=C2/C(=O)C(=O)N(c3ccc(OCC)cc3)C2c2cccc(OCC)c2)cc1. The minimum Gasteiger partial charge on any atom is -0.507 e. The second-order valence-corrected chi connectivity index (χ2v) is 8.47. The molecular weight excluding hydrogens is 470 g/mol. The minimum atomic E-state index is -0.852. The van der Waals surface area contributed by atoms with E-state index in [1.54, 1.807) is 60.7 Å². The average Bonchev–Trinajstić information content (AvgIpc) is 3.18. The van der Waals surface area contributed by atoms with E-state index in [1.807, 2.05) is 32.9 Å². The molecule has 7 heteroatoms. The van der Waals surface area contributed by atoms with Gasteiger partial charge in [0.05, 0.1) is 31.4 Å². The van der Waals surface area contributed by atoms with Gasteiger partial charge in [0.15, 0.2) is 0 Å². The van der Waals surface area contributed by atoms with Gasteiger partial charge < -0.3 is 19.3 Å². The third-order valence-electron chi connectivity index (χ3n) is 5.96. The fourth-order valence-corrected chi connectivity index (χ4v) is 4.31. The van der Waals surface area contributed by atoms with Crippen molar-refractivity contribution in [3.05, 3.63) is 89.5 Å². The number of aliphatic hydroxyl groups excluding tert-OH is 1. The van der Waals surface area contributed by atoms with Crippen molar-refractivity contribution in [1.29, 1.82) is 0 Å². The zero-order valence-electron chi connectivity index (χ0n) is 21.3. The molecule has 3 aromatic carbocycles. The maximum absolute atomic E-state index is 13.4. The molecule has 1 aliphatic rings. The third-order valence-corrected chi connectivity index (χ3v) is 5.96. The zero-order chi connectivity index (χ0) is 26.4. The van der Waals surface area contributed by atoms with E-state index in [2.05, 4.69) is 0 Å². The van der Waals surface area contributed by atoms with Gasteiger partial charge in [-0.1, -0.05) is 19.1 Å². The van der Waals surface area contributed by atoms with Crippen molar-refractivity contribution >= 4 is 23.1 Å². The number of carbonyl (C=O) groups excluding carboxylic acids is 2. The number of hydrogen-bond donors (Lipinski definition) is 1. The zero-order valence-corrected chi connectivity index (χ0v) is 21.3. The van der Waals surface area contributed by atoms with Gasteiger partial charge in [0.25, 0.3) is 11.7 Å². The average molecular weight is 502 g/mol. The van der Waals surface area contributed by atoms with E-state index >= 15 is 0 Å². The van der Waals surface area contributed by atoms with Crippen LogP contribution in [0.1, 0.15) is 44.4 Å². The summed E-state index contributed by atoms with van der Waals surface area (Å²) in [5, 5.41) is 11.3. The Morgan fingerprint density at radius 3 is 2.08 bits per heavy atom. The second kappa shape index (κ2) is 11.6. The van der Waals surface area contributed by atoms with Gasteiger partial charge in [-0.3, -0.25) is 14.5 Å². The number of rotatable bonds is 10. The molecule has 0 spiro atoms. The number of Topliss-reactive ketones (excluding diaryl/α,β-unsaturated/α-hetero) is 1. The van der Waals surface area contributed by atoms with Gasteiger partial charge in [0.1, 0.15) is 23.0 Å². The van der Waals surface area contributed by atoms with E-state index in [4.69, 9.17) is 14.2 Å². The summed E-state index contributed by atoms with van der Waals surface area (Å²) in [4.78, 5) is 28.2. The Bertz CT molecular complexity index is 1280. The number of nitrogens with zero attached hydrogens (tertiary/aromatic N) is 1. The lowest BCUT2D eigenvalue weighted by Gasteiger charge is -2.26. The van der Waals surface area contributed by atoms with E-state index in [9.17, 15) is 14.7 Å². The fourth-order valence-electron chi connectivity index (χ4n) is 4.31. The van der Waals surface area contributed by atoms with E-state index in [-0.39, 0.29) is 11.3 Å². The second-order valence-electron chi connectivity index (χ2n) is 8.47. The summed E-state index contributed by atoms with van der Waals surface area (Å²) in [5.41, 5.74) is 1.58. The normalized spacial score (nSPS) is 16.6. The molecule has 1 fully saturated rings. The molecule has 1 aliphatic heterocycles. The Balaban J connectivity index is 1.83. The number of aliphatic hydroxyl groups is 1. The smallest absolute Gasteiger partial charge is 0.300 e. The lowest BCUT2D eigenvalue weighted by atomic mass is 9.95. The summed E-state index contributed by atoms with van der Waals surface area (Å²) in [6, 6.07) is 20.2. The molecular formula is C30H31NO6. The van der Waals surface area contributed by atoms with Crippen LogP contribution in [0.4, 0.5) is 5.69 Å². The quantitative estimate of drug-likeness (QED) is 0.212. The molecule has 1 atom stereocenters. The molecule has 4 rings (SSSR count). The Labute approximate surface area is 216 Å². The van der Waals surface area contributed by atoms with Crippen molar-refractivity contribution < 1.29 is 28.9 Å². The van der Waals surface area contributed by atoms with Crippen LogP contribution in [0.15, 0.2) is 78.4 Å². The highest BCUT2D eigenvalue weighted by atomic mass is 16.5. The summed E-state index contributed by atoms with van der Waals surface area (Å²) in [6.45, 7) is 7.34. The molecule has 37 heavy (non-hydrogen) atoms. The fraction of sp³-hybridized carbons (Fsp3) is 0.267. The van der Waals surface area contributed by atoms with Gasteiger partial charge in [-0.05, 0) is 86.5 Å². The van der Waals surface area contributed by atoms with Gasteiger partial charge in [0.2, 0.25) is 0 Å². The number of anilines is 1. The van der Waals surface area contributed by atoms with Crippen LogP contribution in [0, 0.1) is 0 Å². The molecule has 0 aliphatic carbocycles. The Hall–Kier alpha value is -4.26. The summed E-state index contributed by atoms with van der Waals surface area (Å²) in [7, 11) is 0. The number of ketones is 1. The molecule has 1 amide bonds. The van der Waals surface area contributed by atoms with E-state index in [1.165, 1.54) is 4.90 Å². The molecule has 1 heterocycles. The maximum Gasteiger partial charge on any atom is 0.300 e. The van der Waals surface area contributed by atoms with E-state index in [0.717, 1.165) is 6.42 Å². The van der Waals surface area contributed by atoms with E-state index in [0.29, 0.717) is 53.9 Å². The minimum absolute atomic E-state index is 0.00904. The first kappa shape index (κ1) is 25.8. The van der Waals surface area contributed by atoms with Crippen LogP contribution in [0.2, 0.25) is 0 Å². The van der Waals surface area contributed by atoms with Crippen LogP contribution < -0.4 is 19.1 Å². The van der Waals surface area contributed by atoms with Crippen molar-refractivity contribution in [2.75, 3.05) is 24.7 Å². The Kier molecular flexibility index (Phi) is 8.13. The number of hydrogen-bond acceptors (Lipinski definition) is 6. The first-order valence-electron chi connectivity index (χ1n) is 12.5. The summed E-state index contributed by atoms with van der Waals surface area (Å²) >= 11 is 0. The van der Waals surface area contributed by atoms with Crippen LogP contribution in [0.3, 0.4) is 0 Å². The van der Waals surface area contributed by atoms with Gasteiger partial charge >= 0.3 is 0 Å². The molecule has 0 radical (unpaired) electrons. The lowest BCUT2D eigenvalue weighted by molar-refractivity contribution is -0.132. The standard InChI is InChI=1S/C30H31NO6/c1-4-18-37-24-14-10-20(11-15-24)28(32)26-27(21-8-7-9-25(19-21)36-6-3)31(30(34)29(26)33)22-12-16-23(17-13-22)35-5-2/h7-17,19,27,32H,4-6,18H2,1-3H3/b28-26-. The summed E-state index contributed by atoms with van der Waals surface area (Å²) in [6.07, 6.45) is 0.873. The van der Waals surface area contributed by atoms with Crippen molar-refractivity contribution in [3.8, 4) is 17.2 Å². The molecule has 0 bridgehead atoms. The molecule has 1 saturated heterocycles. The topological polar surface area (TPSA) is 85.3 Å². The highest BCUT2D eigenvalue weighted by molar-refractivity contribution is 6.51. The van der Waals surface area contributed by atoms with Crippen LogP contribution in [-0.4, -0.2) is 36.6 Å². The summed E-state index contributed by atoms with van der Waals surface area (Å²) in [5.74, 6) is 0.192. The van der Waals surface area contributed by atoms with Crippen LogP contribution in [0.5, 0.6) is 17.2 Å². The predicted octanol–water partition coefficient (Wildman–Crippen LogP) is 5.90. The van der Waals surface area contributed by atoms with Crippen LogP contribution >= 0.6 is 0 Å². The predicted molar refractivity (Wildman–Crippen MR) is 142 cm³/mol. The van der Waals surface area contributed by atoms with E-state index < -0.39 is 17.7 Å². The highest BCUT2D eigenvalue weighted by Gasteiger charge is 2.47. The molecule has 7 nitrogen and oxygen atoms in total. The number of amides is 1. The van der Waals surface area contributed by atoms with Crippen molar-refractivity contribution in [3.63, 3.8) is 0 Å². The van der Waals surface area contributed by atoms with Gasteiger partial charge in [-0.15, -0.1) is 0 Å². The molecule has 1 unspecified atom stereocenters. The molecule has 192 valence electrons. The highest BCUT2D eigenvalue weighted by Crippen LogP contribution is 2.43. The molecule has 3 aromatic rings. The van der Waals surface area contributed by atoms with Crippen molar-refractivity contribution in [2.45, 2.75) is 33.2 Å². The third kappa shape index (κ3) is 5.45. The number of benzene rings is 3. The lowest BCUT2D eigenvalue weighted by Crippen LogP contribution is -2.29. The largest absolute Gasteiger partial charge is 0.507 e. The maximum atomic E-state index is 13.4. The Morgan fingerprint density at radius 1 is 0.811 bits per heavy atom. The first-order chi connectivity index (χ1) is 18.0. The van der Waals surface area contributed by atoms with Gasteiger partial charge in [-0.25, -0.2) is 0 Å². The molecule has 0 saturated carbocycles. The van der Waals surface area contributed by atoms with Crippen molar-refractivity contribution in [1.82, 2.24) is 0 Å². The van der Waals surface area contributed by atoms with Crippen molar-refractivity contribution in [2.24, 2.45) is 0 Å². The van der Waals surface area contributed by atoms with Crippen LogP contribution in [-0.2, 0) is 9.59 Å². The molecule has 0 aromatic heterocycles. The molecule has 1 N–H and O–H groups in total. The number of carbonyl (C=O) groups is 2. The van der Waals surface area contributed by atoms with Gasteiger partial charge in [0, 0.05) is 11.3 Å².